The van der Waals surface area contributed by atoms with Crippen molar-refractivity contribution in [2.24, 2.45) is 5.11 Å². The van der Waals surface area contributed by atoms with E-state index in [1.807, 2.05) is 39.0 Å². The summed E-state index contributed by atoms with van der Waals surface area (Å²) in [5.74, 6) is 0. The molecule has 1 N–H and O–H groups in total. The lowest BCUT2D eigenvalue weighted by Crippen LogP contribution is -2.10. The highest BCUT2D eigenvalue weighted by Gasteiger charge is 2.11. The van der Waals surface area contributed by atoms with Crippen molar-refractivity contribution in [3.63, 3.8) is 0 Å². The predicted molar refractivity (Wildman–Crippen MR) is 78.6 cm³/mol. The summed E-state index contributed by atoms with van der Waals surface area (Å²) in [4.78, 5) is 8.68. The zero-order valence-electron chi connectivity index (χ0n) is 10.7. The van der Waals surface area contributed by atoms with Crippen LogP contribution in [0.4, 0.5) is 0 Å². The SMILES string of the molecule is Bc1cccc(/C(=C/N=N)c2cc(Cl)cnc2C)n1. The minimum atomic E-state index is 0.545. The molecule has 0 aromatic carbocycles. The van der Waals surface area contributed by atoms with Gasteiger partial charge in [-0.3, -0.25) is 9.97 Å². The van der Waals surface area contributed by atoms with E-state index in [0.717, 1.165) is 28.1 Å². The van der Waals surface area contributed by atoms with Crippen LogP contribution in [0.3, 0.4) is 0 Å². The van der Waals surface area contributed by atoms with E-state index in [2.05, 4.69) is 15.1 Å². The minimum Gasteiger partial charge on any atom is -0.264 e. The van der Waals surface area contributed by atoms with Crippen molar-refractivity contribution in [2.75, 3.05) is 0 Å². The third-order valence-electron chi connectivity index (χ3n) is 2.70. The number of hydrogen-bond acceptors (Lipinski definition) is 4. The molecule has 2 aromatic rings. The maximum atomic E-state index is 7.08. The Hall–Kier alpha value is -2.01. The van der Waals surface area contributed by atoms with E-state index in [4.69, 9.17) is 17.1 Å². The lowest BCUT2D eigenvalue weighted by molar-refractivity contribution is 1.13. The highest BCUT2D eigenvalue weighted by molar-refractivity contribution is 6.31. The van der Waals surface area contributed by atoms with Crippen LogP contribution in [-0.2, 0) is 0 Å². The molecule has 0 fully saturated rings. The van der Waals surface area contributed by atoms with Crippen LogP contribution >= 0.6 is 11.6 Å². The molecule has 0 radical (unpaired) electrons. The molecule has 2 heterocycles. The first-order valence-corrected chi connectivity index (χ1v) is 6.13. The van der Waals surface area contributed by atoms with E-state index in [1.54, 1.807) is 6.20 Å². The Labute approximate surface area is 117 Å². The molecule has 0 bridgehead atoms. The van der Waals surface area contributed by atoms with E-state index in [-0.39, 0.29) is 0 Å². The van der Waals surface area contributed by atoms with Gasteiger partial charge in [-0.2, -0.15) is 5.11 Å². The summed E-state index contributed by atoms with van der Waals surface area (Å²) < 4.78 is 0. The number of nitrogens with one attached hydrogen (secondary N) is 1. The van der Waals surface area contributed by atoms with Gasteiger partial charge in [0.05, 0.1) is 16.9 Å². The van der Waals surface area contributed by atoms with E-state index in [0.29, 0.717) is 5.02 Å². The third kappa shape index (κ3) is 3.06. The Kier molecular flexibility index (Phi) is 4.07. The Balaban J connectivity index is 2.62. The summed E-state index contributed by atoms with van der Waals surface area (Å²) in [5, 5.41) is 3.91. The number of rotatable bonds is 3. The Morgan fingerprint density at radius 1 is 1.47 bits per heavy atom. The molecule has 2 aromatic heterocycles. The number of aryl methyl sites for hydroxylation is 1. The monoisotopic (exact) mass is 270 g/mol. The van der Waals surface area contributed by atoms with Crippen LogP contribution in [0, 0.1) is 12.5 Å². The minimum absolute atomic E-state index is 0.545. The number of nitrogens with zero attached hydrogens (tertiary/aromatic N) is 3. The van der Waals surface area contributed by atoms with Crippen molar-refractivity contribution in [1.82, 2.24) is 9.97 Å². The van der Waals surface area contributed by atoms with Gasteiger partial charge >= 0.3 is 0 Å². The molecule has 6 heteroatoms. The van der Waals surface area contributed by atoms with Gasteiger partial charge in [0, 0.05) is 23.0 Å². The molecular formula is C13H12BClN4. The van der Waals surface area contributed by atoms with Crippen molar-refractivity contribution in [3.05, 3.63) is 58.6 Å². The van der Waals surface area contributed by atoms with Crippen LogP contribution in [0.1, 0.15) is 17.0 Å². The fourth-order valence-electron chi connectivity index (χ4n) is 1.81. The zero-order chi connectivity index (χ0) is 13.8. The molecule has 0 aliphatic rings. The first kappa shape index (κ1) is 13.4. The molecule has 0 amide bonds. The van der Waals surface area contributed by atoms with Gasteiger partial charge in [-0.25, -0.2) is 5.53 Å². The molecule has 0 unspecified atom stereocenters. The number of pyridine rings is 2. The predicted octanol–water partition coefficient (Wildman–Crippen LogP) is 2.12. The average Bonchev–Trinajstić information content (AvgIpc) is 2.39. The number of hydrogen-bond donors (Lipinski definition) is 1. The second kappa shape index (κ2) is 5.76. The van der Waals surface area contributed by atoms with Crippen molar-refractivity contribution in [2.45, 2.75) is 6.92 Å². The smallest absolute Gasteiger partial charge is 0.163 e. The van der Waals surface area contributed by atoms with Gasteiger partial charge in [-0.05, 0) is 24.6 Å². The normalized spacial score (nSPS) is 11.4. The van der Waals surface area contributed by atoms with Gasteiger partial charge in [0.15, 0.2) is 7.85 Å². The Morgan fingerprint density at radius 2 is 2.26 bits per heavy atom. The molecule has 0 saturated carbocycles. The summed E-state index contributed by atoms with van der Waals surface area (Å²) >= 11 is 5.99. The van der Waals surface area contributed by atoms with Crippen molar-refractivity contribution < 1.29 is 0 Å². The highest BCUT2D eigenvalue weighted by Crippen LogP contribution is 2.25. The Morgan fingerprint density at radius 3 is 2.95 bits per heavy atom. The molecule has 0 atom stereocenters. The van der Waals surface area contributed by atoms with Gasteiger partial charge in [0.1, 0.15) is 0 Å². The first-order chi connectivity index (χ1) is 9.11. The van der Waals surface area contributed by atoms with E-state index < -0.39 is 0 Å². The summed E-state index contributed by atoms with van der Waals surface area (Å²) in [6, 6.07) is 7.53. The second-order valence-electron chi connectivity index (χ2n) is 4.12. The van der Waals surface area contributed by atoms with E-state index >= 15 is 0 Å². The third-order valence-corrected chi connectivity index (χ3v) is 2.91. The average molecular weight is 271 g/mol. The Bertz CT molecular complexity index is 655. The van der Waals surface area contributed by atoms with Gasteiger partial charge in [-0.15, -0.1) is 0 Å². The van der Waals surface area contributed by atoms with Crippen LogP contribution in [0.15, 0.2) is 41.8 Å². The van der Waals surface area contributed by atoms with Crippen LogP contribution in [0.5, 0.6) is 0 Å². The molecular weight excluding hydrogens is 258 g/mol. The molecule has 0 aliphatic heterocycles. The molecule has 0 saturated heterocycles. The summed E-state index contributed by atoms with van der Waals surface area (Å²) in [7, 11) is 1.92. The topological polar surface area (TPSA) is 62.0 Å². The van der Waals surface area contributed by atoms with E-state index in [1.165, 1.54) is 6.20 Å². The molecule has 4 nitrogen and oxygen atoms in total. The largest absolute Gasteiger partial charge is 0.264 e. The molecule has 0 spiro atoms. The standard InChI is InChI=1S/C13H12BClN4/c1-8-10(5-9(15)6-17-8)11(7-18-16)12-3-2-4-13(14)19-12/h2-7,16H,14H2,1H3/b11-7+,18-16?. The van der Waals surface area contributed by atoms with Crippen molar-refractivity contribution in [1.29, 1.82) is 5.53 Å². The molecule has 0 aliphatic carbocycles. The van der Waals surface area contributed by atoms with E-state index in [9.17, 15) is 0 Å². The summed E-state index contributed by atoms with van der Waals surface area (Å²) in [5.41, 5.74) is 11.1. The lowest BCUT2D eigenvalue weighted by Gasteiger charge is -2.10. The van der Waals surface area contributed by atoms with Gasteiger partial charge < -0.3 is 0 Å². The maximum Gasteiger partial charge on any atom is 0.163 e. The number of aromatic nitrogens is 2. The molecule has 2 rings (SSSR count). The summed E-state index contributed by atoms with van der Waals surface area (Å²) in [6.07, 6.45) is 3.06. The highest BCUT2D eigenvalue weighted by atomic mass is 35.5. The van der Waals surface area contributed by atoms with Gasteiger partial charge in [0.2, 0.25) is 0 Å². The van der Waals surface area contributed by atoms with Crippen molar-refractivity contribution >= 4 is 30.6 Å². The van der Waals surface area contributed by atoms with Crippen molar-refractivity contribution in [3.8, 4) is 0 Å². The lowest BCUT2D eigenvalue weighted by atomic mass is 9.99. The fraction of sp³-hybridized carbons (Fsp3) is 0.0769. The summed E-state index contributed by atoms with van der Waals surface area (Å²) in [6.45, 7) is 1.89. The van der Waals surface area contributed by atoms with Gasteiger partial charge in [0.25, 0.3) is 0 Å². The fourth-order valence-corrected chi connectivity index (χ4v) is 1.97. The zero-order valence-corrected chi connectivity index (χ0v) is 11.4. The van der Waals surface area contributed by atoms with Crippen LogP contribution in [0.2, 0.25) is 5.02 Å². The second-order valence-corrected chi connectivity index (χ2v) is 4.56. The quantitative estimate of drug-likeness (QED) is 0.686. The van der Waals surface area contributed by atoms with Gasteiger partial charge in [-0.1, -0.05) is 23.7 Å². The molecule has 19 heavy (non-hydrogen) atoms. The number of halogens is 1. The maximum absolute atomic E-state index is 7.08. The van der Waals surface area contributed by atoms with Crippen LogP contribution < -0.4 is 5.59 Å². The first-order valence-electron chi connectivity index (χ1n) is 5.75. The van der Waals surface area contributed by atoms with Crippen LogP contribution in [-0.4, -0.2) is 17.8 Å². The molecule has 94 valence electrons. The van der Waals surface area contributed by atoms with Crippen LogP contribution in [0.25, 0.3) is 5.57 Å².